The van der Waals surface area contributed by atoms with Crippen LogP contribution < -0.4 is 103 Å². The van der Waals surface area contributed by atoms with Crippen molar-refractivity contribution in [3.63, 3.8) is 0 Å². The van der Waals surface area contributed by atoms with Crippen LogP contribution in [0.15, 0.2) is 23.3 Å². The third-order valence-corrected chi connectivity index (χ3v) is 7.72. The Morgan fingerprint density at radius 2 is 1.36 bits per heavy atom. The van der Waals surface area contributed by atoms with Crippen LogP contribution >= 0.6 is 15.2 Å². The fourth-order valence-corrected chi connectivity index (χ4v) is 4.98. The van der Waals surface area contributed by atoms with Gasteiger partial charge in [0.05, 0.1) is 5.40 Å². The van der Waals surface area contributed by atoms with Crippen molar-refractivity contribution < 1.29 is 117 Å². The quantitative estimate of drug-likeness (QED) is 0.126. The van der Waals surface area contributed by atoms with E-state index in [2.05, 4.69) is 32.9 Å². The van der Waals surface area contributed by atoms with E-state index in [1.54, 1.807) is 0 Å². The van der Waals surface area contributed by atoms with Gasteiger partial charge in [-0.2, -0.15) is 0 Å². The zero-order valence-electron chi connectivity index (χ0n) is 18.5. The molecule has 0 amide bonds. The normalized spacial score (nSPS) is 14.6. The van der Waals surface area contributed by atoms with Crippen LogP contribution in [0.2, 0.25) is 0 Å². The average molecular weight is 462 g/mol. The van der Waals surface area contributed by atoms with E-state index in [9.17, 15) is 23.8 Å². The summed E-state index contributed by atoms with van der Waals surface area (Å²) >= 11 is 0. The molecule has 2 atom stereocenters. The summed E-state index contributed by atoms with van der Waals surface area (Å²) < 4.78 is 21.8. The summed E-state index contributed by atoms with van der Waals surface area (Å²) in [5.41, 5.74) is 2.70. The summed E-state index contributed by atoms with van der Waals surface area (Å²) in [7, 11) is -10.5. The van der Waals surface area contributed by atoms with Crippen LogP contribution in [0.4, 0.5) is 0 Å². The van der Waals surface area contributed by atoms with Crippen LogP contribution in [0.3, 0.4) is 0 Å². The van der Waals surface area contributed by atoms with E-state index in [-0.39, 0.29) is 95.1 Å². The van der Waals surface area contributed by atoms with E-state index in [1.165, 1.54) is 11.1 Å². The first kappa shape index (κ1) is 38.1. The van der Waals surface area contributed by atoms with Gasteiger partial charge in [0.15, 0.2) is 0 Å². The minimum atomic E-state index is -5.33. The molecule has 0 saturated carbocycles. The molecular weight excluding hydrogens is 431 g/mol. The Morgan fingerprint density at radius 1 is 0.857 bits per heavy atom. The fraction of sp³-hybridized carbons (Fsp3) is 0.765. The van der Waals surface area contributed by atoms with Gasteiger partial charge in [-0.25, -0.2) is 0 Å². The van der Waals surface area contributed by atoms with Crippen molar-refractivity contribution in [2.24, 2.45) is 0 Å². The molecule has 0 aliphatic rings. The van der Waals surface area contributed by atoms with Crippen LogP contribution in [-0.4, -0.2) is 10.3 Å². The third-order valence-electron chi connectivity index (χ3n) is 3.99. The van der Waals surface area contributed by atoms with E-state index in [0.29, 0.717) is 12.8 Å². The van der Waals surface area contributed by atoms with Gasteiger partial charge in [-0.05, 0) is 52.9 Å². The molecule has 0 aromatic heterocycles. The Bertz CT molecular complexity index is 517. The summed E-state index contributed by atoms with van der Waals surface area (Å²) in [5.74, 6) is 0. The van der Waals surface area contributed by atoms with E-state index in [4.69, 9.17) is 4.89 Å². The van der Waals surface area contributed by atoms with E-state index in [0.717, 1.165) is 38.5 Å². The number of hydrogen-bond donors (Lipinski definition) is 1. The van der Waals surface area contributed by atoms with Gasteiger partial charge in [-0.15, -0.1) is 0 Å². The molecule has 0 fully saturated rings. The SMILES string of the molecule is CC(C)=CCC/C(C)=C/CCCCCCCC(P(=O)([O-])[O-])P(=O)([O-])O.[Na+].[Na+].[Na+]. The molecule has 0 aromatic carbocycles. The molecule has 0 aliphatic carbocycles. The van der Waals surface area contributed by atoms with Crippen LogP contribution in [0.5, 0.6) is 0 Å². The first-order valence-corrected chi connectivity index (χ1v) is 12.0. The van der Waals surface area contributed by atoms with Crippen LogP contribution in [0.25, 0.3) is 0 Å². The zero-order valence-corrected chi connectivity index (χ0v) is 26.3. The van der Waals surface area contributed by atoms with Crippen LogP contribution in [-0.2, 0) is 9.13 Å². The minimum absolute atomic E-state index is 0. The largest absolute Gasteiger partial charge is 1.00 e. The number of unbranched alkanes of at least 4 members (excludes halogenated alkanes) is 5. The summed E-state index contributed by atoms with van der Waals surface area (Å²) in [6, 6.07) is 0. The van der Waals surface area contributed by atoms with Gasteiger partial charge < -0.3 is 28.7 Å². The molecular formula is C17H31Na3O6P2. The third kappa shape index (κ3) is 22.0. The van der Waals surface area contributed by atoms with Gasteiger partial charge in [-0.1, -0.05) is 56.6 Å². The molecule has 6 nitrogen and oxygen atoms in total. The Kier molecular flexibility index (Phi) is 27.7. The molecule has 2 unspecified atom stereocenters. The Labute approximate surface area is 237 Å². The van der Waals surface area contributed by atoms with E-state index >= 15 is 0 Å². The van der Waals surface area contributed by atoms with Gasteiger partial charge in [-0.3, -0.25) is 0 Å². The second-order valence-corrected chi connectivity index (χ2v) is 10.7. The van der Waals surface area contributed by atoms with Crippen molar-refractivity contribution >= 4 is 15.2 Å². The topological polar surface area (TPSA) is 124 Å². The predicted molar refractivity (Wildman–Crippen MR) is 96.0 cm³/mol. The summed E-state index contributed by atoms with van der Waals surface area (Å²) in [4.78, 5) is 41.6. The first-order chi connectivity index (χ1) is 11.4. The van der Waals surface area contributed by atoms with Crippen molar-refractivity contribution in [1.82, 2.24) is 0 Å². The molecule has 0 aliphatic heterocycles. The fourth-order valence-electron chi connectivity index (χ4n) is 2.54. The van der Waals surface area contributed by atoms with Crippen LogP contribution in [0.1, 0.15) is 78.6 Å². The zero-order chi connectivity index (χ0) is 19.5. The van der Waals surface area contributed by atoms with Gasteiger partial charge in [0.1, 0.15) is 7.60 Å². The van der Waals surface area contributed by atoms with Crippen molar-refractivity contribution in [2.75, 3.05) is 0 Å². The summed E-state index contributed by atoms with van der Waals surface area (Å²) in [6.45, 7) is 6.30. The number of hydrogen-bond acceptors (Lipinski definition) is 5. The molecule has 148 valence electrons. The Morgan fingerprint density at radius 3 is 1.82 bits per heavy atom. The molecule has 0 rings (SSSR count). The van der Waals surface area contributed by atoms with Crippen molar-refractivity contribution in [3.8, 4) is 0 Å². The Balaban J connectivity index is -0.000000960. The van der Waals surface area contributed by atoms with Crippen molar-refractivity contribution in [3.05, 3.63) is 23.3 Å². The summed E-state index contributed by atoms with van der Waals surface area (Å²) in [6.07, 6.45) is 11.0. The molecule has 0 saturated heterocycles. The number of rotatable bonds is 13. The van der Waals surface area contributed by atoms with E-state index in [1.807, 2.05) is 0 Å². The monoisotopic (exact) mass is 462 g/mol. The van der Waals surface area contributed by atoms with Gasteiger partial charge in [0.25, 0.3) is 0 Å². The molecule has 0 radical (unpaired) electrons. The standard InChI is InChI=1S/C17H34O6P2.3Na/c1-15(2)11-10-13-16(3)12-8-6-4-5-7-9-14-17(24(18,19)20)25(21,22)23;;;/h11-12,17H,4-10,13-14H2,1-3H3,(H2,18,19,20)(H2,21,22,23);;;/q;3*+1/p-3/b16-12+;;;. The molecule has 0 heterocycles. The molecule has 0 bridgehead atoms. The van der Waals surface area contributed by atoms with Gasteiger partial charge in [0, 0.05) is 0 Å². The predicted octanol–water partition coefficient (Wildman–Crippen LogP) is -5.79. The second-order valence-electron chi connectivity index (χ2n) is 6.80. The second kappa shape index (κ2) is 20.4. The maximum absolute atomic E-state index is 11.0. The smallest absolute Gasteiger partial charge is 0.810 e. The Hall–Kier alpha value is 2.78. The first-order valence-electron chi connectivity index (χ1n) is 8.78. The number of allylic oxidation sites excluding steroid dienone is 4. The minimum Gasteiger partial charge on any atom is -0.810 e. The molecule has 28 heavy (non-hydrogen) atoms. The van der Waals surface area contributed by atoms with Crippen molar-refractivity contribution in [1.29, 1.82) is 0 Å². The van der Waals surface area contributed by atoms with Crippen LogP contribution in [0, 0.1) is 0 Å². The summed E-state index contributed by atoms with van der Waals surface area (Å²) in [5, 5.41) is -2.19. The molecule has 11 heteroatoms. The molecule has 1 N–H and O–H groups in total. The van der Waals surface area contributed by atoms with Gasteiger partial charge >= 0.3 is 88.7 Å². The van der Waals surface area contributed by atoms with Crippen molar-refractivity contribution in [2.45, 2.75) is 84.0 Å². The maximum atomic E-state index is 11.0. The maximum Gasteiger partial charge on any atom is 1.00 e. The van der Waals surface area contributed by atoms with E-state index < -0.39 is 20.6 Å². The average Bonchev–Trinajstić information content (AvgIpc) is 2.42. The molecule has 0 spiro atoms. The molecule has 0 aromatic rings. The van der Waals surface area contributed by atoms with Gasteiger partial charge in [0.2, 0.25) is 0 Å².